The lowest BCUT2D eigenvalue weighted by Gasteiger charge is -2.12. The van der Waals surface area contributed by atoms with Gasteiger partial charge in [0.05, 0.1) is 12.2 Å². The van der Waals surface area contributed by atoms with Crippen molar-refractivity contribution in [1.29, 1.82) is 0 Å². The number of nitrogens with zero attached hydrogens (tertiary/aromatic N) is 2. The van der Waals surface area contributed by atoms with Gasteiger partial charge in [0.25, 0.3) is 0 Å². The minimum Gasteiger partial charge on any atom is -0.492 e. The third-order valence-corrected chi connectivity index (χ3v) is 3.84. The molecular formula is C19H29IN4O2. The second-order valence-electron chi connectivity index (χ2n) is 5.90. The number of ether oxygens (including phenoxy) is 1. The Labute approximate surface area is 172 Å². The van der Waals surface area contributed by atoms with Crippen LogP contribution in [-0.4, -0.2) is 37.4 Å². The molecule has 0 saturated heterocycles. The Morgan fingerprint density at radius 1 is 1.15 bits per heavy atom. The van der Waals surface area contributed by atoms with Crippen molar-refractivity contribution in [3.63, 3.8) is 0 Å². The maximum absolute atomic E-state index is 5.72. The number of hydrogen-bond acceptors (Lipinski definition) is 4. The molecule has 2 N–H and O–H groups in total. The van der Waals surface area contributed by atoms with Crippen molar-refractivity contribution in [2.75, 3.05) is 26.2 Å². The SMILES string of the molecule is CCNC(=NCCc1c(C)noc1C)NCCOc1ccc(C)cc1.I. The van der Waals surface area contributed by atoms with Crippen molar-refractivity contribution in [2.24, 2.45) is 4.99 Å². The van der Waals surface area contributed by atoms with Gasteiger partial charge in [-0.3, -0.25) is 4.99 Å². The molecule has 0 atom stereocenters. The van der Waals surface area contributed by atoms with E-state index in [4.69, 9.17) is 9.26 Å². The lowest BCUT2D eigenvalue weighted by molar-refractivity contribution is 0.322. The first-order chi connectivity index (χ1) is 12.1. The number of nitrogens with one attached hydrogen (secondary N) is 2. The first-order valence-electron chi connectivity index (χ1n) is 8.73. The van der Waals surface area contributed by atoms with Gasteiger partial charge in [-0.15, -0.1) is 24.0 Å². The smallest absolute Gasteiger partial charge is 0.191 e. The lowest BCUT2D eigenvalue weighted by atomic mass is 10.1. The number of aryl methyl sites for hydroxylation is 3. The van der Waals surface area contributed by atoms with E-state index in [1.165, 1.54) is 5.56 Å². The Kier molecular flexibility index (Phi) is 10.1. The van der Waals surface area contributed by atoms with Gasteiger partial charge in [-0.1, -0.05) is 22.9 Å². The molecule has 0 saturated carbocycles. The van der Waals surface area contributed by atoms with Crippen LogP contribution in [0.1, 0.15) is 29.5 Å². The summed E-state index contributed by atoms with van der Waals surface area (Å²) in [7, 11) is 0. The van der Waals surface area contributed by atoms with Gasteiger partial charge in [0.2, 0.25) is 0 Å². The molecule has 0 spiro atoms. The second kappa shape index (κ2) is 11.8. The molecule has 0 aliphatic carbocycles. The fourth-order valence-electron chi connectivity index (χ4n) is 2.45. The van der Waals surface area contributed by atoms with E-state index < -0.39 is 0 Å². The summed E-state index contributed by atoms with van der Waals surface area (Å²) in [4.78, 5) is 4.60. The molecule has 7 heteroatoms. The minimum atomic E-state index is 0. The number of guanidine groups is 1. The zero-order valence-electron chi connectivity index (χ0n) is 16.0. The van der Waals surface area contributed by atoms with E-state index in [0.29, 0.717) is 19.7 Å². The van der Waals surface area contributed by atoms with Crippen LogP contribution in [0.15, 0.2) is 33.8 Å². The monoisotopic (exact) mass is 472 g/mol. The van der Waals surface area contributed by atoms with E-state index in [1.54, 1.807) is 0 Å². The third-order valence-electron chi connectivity index (χ3n) is 3.84. The number of aliphatic imine (C=N–C) groups is 1. The predicted molar refractivity (Wildman–Crippen MR) is 116 cm³/mol. The van der Waals surface area contributed by atoms with Crippen molar-refractivity contribution in [3.8, 4) is 5.75 Å². The molecule has 2 aromatic rings. The summed E-state index contributed by atoms with van der Waals surface area (Å²) in [6, 6.07) is 8.06. The first kappa shape index (κ1) is 22.3. The first-order valence-corrected chi connectivity index (χ1v) is 8.73. The molecule has 0 unspecified atom stereocenters. The highest BCUT2D eigenvalue weighted by molar-refractivity contribution is 14.0. The zero-order valence-corrected chi connectivity index (χ0v) is 18.3. The van der Waals surface area contributed by atoms with Crippen molar-refractivity contribution in [1.82, 2.24) is 15.8 Å². The maximum Gasteiger partial charge on any atom is 0.191 e. The fourth-order valence-corrected chi connectivity index (χ4v) is 2.45. The topological polar surface area (TPSA) is 71.7 Å². The van der Waals surface area contributed by atoms with Crippen LogP contribution >= 0.6 is 24.0 Å². The molecule has 0 fully saturated rings. The normalized spacial score (nSPS) is 11.0. The van der Waals surface area contributed by atoms with Gasteiger partial charge in [-0.25, -0.2) is 0 Å². The van der Waals surface area contributed by atoms with E-state index in [2.05, 4.69) is 27.7 Å². The Morgan fingerprint density at radius 2 is 1.88 bits per heavy atom. The van der Waals surface area contributed by atoms with Gasteiger partial charge in [-0.2, -0.15) is 0 Å². The molecule has 0 radical (unpaired) electrons. The standard InChI is InChI=1S/C19H28N4O2.HI/c1-5-20-19(21-11-10-18-15(3)23-25-16(18)4)22-12-13-24-17-8-6-14(2)7-9-17;/h6-9H,5,10-13H2,1-4H3,(H2,20,21,22);1H. The minimum absolute atomic E-state index is 0. The summed E-state index contributed by atoms with van der Waals surface area (Å²) < 4.78 is 10.9. The van der Waals surface area contributed by atoms with E-state index in [1.807, 2.05) is 45.0 Å². The van der Waals surface area contributed by atoms with E-state index in [-0.39, 0.29) is 24.0 Å². The molecule has 0 aliphatic heterocycles. The summed E-state index contributed by atoms with van der Waals surface area (Å²) in [5, 5.41) is 10.5. The number of rotatable bonds is 8. The van der Waals surface area contributed by atoms with Crippen LogP contribution in [0.5, 0.6) is 5.75 Å². The fraction of sp³-hybridized carbons (Fsp3) is 0.474. The van der Waals surface area contributed by atoms with Crippen molar-refractivity contribution >= 4 is 29.9 Å². The quantitative estimate of drug-likeness (QED) is 0.267. The van der Waals surface area contributed by atoms with Gasteiger partial charge in [0.15, 0.2) is 5.96 Å². The molecule has 1 heterocycles. The molecular weight excluding hydrogens is 443 g/mol. The van der Waals surface area contributed by atoms with Crippen molar-refractivity contribution in [3.05, 3.63) is 46.8 Å². The van der Waals surface area contributed by atoms with Crippen molar-refractivity contribution in [2.45, 2.75) is 34.1 Å². The highest BCUT2D eigenvalue weighted by atomic mass is 127. The molecule has 1 aromatic carbocycles. The van der Waals surface area contributed by atoms with Crippen LogP contribution in [0.25, 0.3) is 0 Å². The maximum atomic E-state index is 5.72. The Morgan fingerprint density at radius 3 is 2.50 bits per heavy atom. The van der Waals surface area contributed by atoms with Crippen molar-refractivity contribution < 1.29 is 9.26 Å². The Balaban J connectivity index is 0.00000338. The van der Waals surface area contributed by atoms with E-state index >= 15 is 0 Å². The number of hydrogen-bond donors (Lipinski definition) is 2. The summed E-state index contributed by atoms with van der Waals surface area (Å²) in [6.45, 7) is 10.8. The van der Waals surface area contributed by atoms with E-state index in [9.17, 15) is 0 Å². The van der Waals surface area contributed by atoms with Gasteiger partial charge in [0, 0.05) is 18.7 Å². The summed E-state index contributed by atoms with van der Waals surface area (Å²) in [5.41, 5.74) is 3.31. The van der Waals surface area contributed by atoms with Crippen LogP contribution in [0.3, 0.4) is 0 Å². The zero-order chi connectivity index (χ0) is 18.1. The predicted octanol–water partition coefficient (Wildman–Crippen LogP) is 3.39. The molecule has 0 amide bonds. The number of aromatic nitrogens is 1. The molecule has 6 nitrogen and oxygen atoms in total. The van der Waals surface area contributed by atoms with Crippen LogP contribution in [0, 0.1) is 20.8 Å². The highest BCUT2D eigenvalue weighted by Gasteiger charge is 2.08. The van der Waals surface area contributed by atoms with Gasteiger partial charge in [-0.05, 0) is 46.2 Å². The third kappa shape index (κ3) is 7.23. The van der Waals surface area contributed by atoms with Crippen LogP contribution in [0.4, 0.5) is 0 Å². The number of halogens is 1. The van der Waals surface area contributed by atoms with Gasteiger partial charge in [0.1, 0.15) is 18.1 Å². The molecule has 0 aliphatic rings. The van der Waals surface area contributed by atoms with Crippen LogP contribution in [0.2, 0.25) is 0 Å². The molecule has 144 valence electrons. The molecule has 0 bridgehead atoms. The van der Waals surface area contributed by atoms with E-state index in [0.717, 1.165) is 41.7 Å². The van der Waals surface area contributed by atoms with Gasteiger partial charge < -0.3 is 19.9 Å². The van der Waals surface area contributed by atoms with Crippen LogP contribution in [-0.2, 0) is 6.42 Å². The summed E-state index contributed by atoms with van der Waals surface area (Å²) in [6.07, 6.45) is 0.817. The summed E-state index contributed by atoms with van der Waals surface area (Å²) >= 11 is 0. The average Bonchev–Trinajstić information content (AvgIpc) is 2.92. The lowest BCUT2D eigenvalue weighted by Crippen LogP contribution is -2.39. The van der Waals surface area contributed by atoms with Crippen LogP contribution < -0.4 is 15.4 Å². The Bertz CT molecular complexity index is 664. The number of benzene rings is 1. The molecule has 1 aromatic heterocycles. The highest BCUT2D eigenvalue weighted by Crippen LogP contribution is 2.12. The molecule has 2 rings (SSSR count). The second-order valence-corrected chi connectivity index (χ2v) is 5.90. The molecule has 26 heavy (non-hydrogen) atoms. The average molecular weight is 472 g/mol. The Hall–Kier alpha value is -1.77. The van der Waals surface area contributed by atoms with Gasteiger partial charge >= 0.3 is 0 Å². The largest absolute Gasteiger partial charge is 0.492 e. The summed E-state index contributed by atoms with van der Waals surface area (Å²) in [5.74, 6) is 2.55.